The van der Waals surface area contributed by atoms with E-state index in [0.29, 0.717) is 11.1 Å². The smallest absolute Gasteiger partial charge is 0.154 e. The zero-order chi connectivity index (χ0) is 29.5. The molecule has 7 aromatic rings. The summed E-state index contributed by atoms with van der Waals surface area (Å²) in [6.45, 7) is 9.11. The van der Waals surface area contributed by atoms with Crippen molar-refractivity contribution in [2.24, 2.45) is 11.8 Å². The number of hydrogen-bond acceptors (Lipinski definition) is 5. The number of anilines is 2. The van der Waals surface area contributed by atoms with Gasteiger partial charge in [0.25, 0.3) is 0 Å². The standard InChI is InChI=1S/C39H35N3O2/c1-23-7-11-41(12-8-23)29-5-3-25-17-31-32-21-37-38(34(22-40)39(32)44-35(31)19-27(25)15-29)33-18-26-4-6-30(16-28(26)20-36(33)43-37)42-13-9-24(2)10-14-42/h3-6,15-21,23-24H,7-14H2,1-2H3. The lowest BCUT2D eigenvalue weighted by atomic mass is 9.97. The van der Waals surface area contributed by atoms with Gasteiger partial charge in [-0.05, 0) is 114 Å². The number of fused-ring (bicyclic) bond motifs is 8. The Bertz CT molecular complexity index is 2260. The summed E-state index contributed by atoms with van der Waals surface area (Å²) in [5, 5.41) is 18.8. The van der Waals surface area contributed by atoms with Crippen LogP contribution in [0.3, 0.4) is 0 Å². The van der Waals surface area contributed by atoms with Gasteiger partial charge in [-0.2, -0.15) is 5.26 Å². The van der Waals surface area contributed by atoms with Crippen molar-refractivity contribution in [1.82, 2.24) is 0 Å². The van der Waals surface area contributed by atoms with E-state index in [9.17, 15) is 5.26 Å². The van der Waals surface area contributed by atoms with Crippen molar-refractivity contribution in [3.8, 4) is 6.07 Å². The average molecular weight is 578 g/mol. The molecule has 5 aromatic carbocycles. The SMILES string of the molecule is CC1CCN(c2ccc3cc4c(cc3c2)oc2c(C#N)c3c(cc24)oc2cc4cc(N5CCC(C)CC5)ccc4cc23)CC1. The van der Waals surface area contributed by atoms with Crippen molar-refractivity contribution >= 4 is 76.8 Å². The molecule has 0 saturated carbocycles. The Labute approximate surface area is 256 Å². The molecule has 2 aromatic heterocycles. The Balaban J connectivity index is 1.18. The lowest BCUT2D eigenvalue weighted by molar-refractivity contribution is 0.438. The van der Waals surface area contributed by atoms with Crippen LogP contribution in [0.2, 0.25) is 0 Å². The normalized spacial score (nSPS) is 17.2. The van der Waals surface area contributed by atoms with Gasteiger partial charge in [-0.3, -0.25) is 0 Å². The molecule has 0 aliphatic carbocycles. The minimum absolute atomic E-state index is 0.540. The summed E-state index contributed by atoms with van der Waals surface area (Å²) < 4.78 is 13.0. The van der Waals surface area contributed by atoms with Gasteiger partial charge < -0.3 is 18.6 Å². The third-order valence-electron chi connectivity index (χ3n) is 10.5. The van der Waals surface area contributed by atoms with Crippen LogP contribution >= 0.6 is 0 Å². The van der Waals surface area contributed by atoms with E-state index in [1.54, 1.807) is 0 Å². The number of rotatable bonds is 2. The molecule has 2 aliphatic heterocycles. The van der Waals surface area contributed by atoms with E-state index in [4.69, 9.17) is 8.83 Å². The predicted molar refractivity (Wildman–Crippen MR) is 182 cm³/mol. The largest absolute Gasteiger partial charge is 0.456 e. The number of hydrogen-bond donors (Lipinski definition) is 0. The van der Waals surface area contributed by atoms with Crippen molar-refractivity contribution in [2.45, 2.75) is 39.5 Å². The minimum atomic E-state index is 0.540. The van der Waals surface area contributed by atoms with Crippen LogP contribution in [0.25, 0.3) is 65.4 Å². The van der Waals surface area contributed by atoms with Gasteiger partial charge in [0.15, 0.2) is 5.58 Å². The second-order valence-corrected chi connectivity index (χ2v) is 13.4. The molecule has 0 unspecified atom stereocenters. The molecule has 0 spiro atoms. The highest BCUT2D eigenvalue weighted by atomic mass is 16.3. The molecule has 5 heteroatoms. The first-order chi connectivity index (χ1) is 21.5. The highest BCUT2D eigenvalue weighted by Crippen LogP contribution is 2.42. The molecule has 0 N–H and O–H groups in total. The summed E-state index contributed by atoms with van der Waals surface area (Å²) in [5.74, 6) is 1.60. The lowest BCUT2D eigenvalue weighted by Gasteiger charge is -2.32. The van der Waals surface area contributed by atoms with E-state index >= 15 is 0 Å². The van der Waals surface area contributed by atoms with E-state index in [1.165, 1.54) is 42.4 Å². The summed E-state index contributed by atoms with van der Waals surface area (Å²) >= 11 is 0. The Morgan fingerprint density at radius 3 is 1.70 bits per heavy atom. The van der Waals surface area contributed by atoms with Crippen LogP contribution in [0.4, 0.5) is 11.4 Å². The molecule has 218 valence electrons. The maximum atomic E-state index is 10.5. The quantitative estimate of drug-likeness (QED) is 0.205. The third-order valence-corrected chi connectivity index (χ3v) is 10.5. The highest BCUT2D eigenvalue weighted by Gasteiger charge is 2.22. The van der Waals surface area contributed by atoms with E-state index in [0.717, 1.165) is 92.5 Å². The molecule has 2 aliphatic rings. The molecule has 0 amide bonds. The molecule has 2 saturated heterocycles. The number of nitrogens with zero attached hydrogens (tertiary/aromatic N) is 3. The molecular formula is C39H35N3O2. The monoisotopic (exact) mass is 577 g/mol. The first-order valence-corrected chi connectivity index (χ1v) is 16.2. The number of benzene rings is 5. The Morgan fingerprint density at radius 1 is 0.591 bits per heavy atom. The number of piperidine rings is 2. The summed E-state index contributed by atoms with van der Waals surface area (Å²) in [6, 6.07) is 26.7. The van der Waals surface area contributed by atoms with Crippen LogP contribution in [-0.2, 0) is 0 Å². The van der Waals surface area contributed by atoms with Gasteiger partial charge in [-0.15, -0.1) is 0 Å². The fourth-order valence-electron chi connectivity index (χ4n) is 7.66. The molecular weight excluding hydrogens is 542 g/mol. The maximum Gasteiger partial charge on any atom is 0.154 e. The van der Waals surface area contributed by atoms with Crippen molar-refractivity contribution in [3.63, 3.8) is 0 Å². The second-order valence-electron chi connectivity index (χ2n) is 13.4. The summed E-state index contributed by atoms with van der Waals surface area (Å²) in [7, 11) is 0. The van der Waals surface area contributed by atoms with Gasteiger partial charge in [0.2, 0.25) is 0 Å². The highest BCUT2D eigenvalue weighted by molar-refractivity contribution is 6.21. The van der Waals surface area contributed by atoms with E-state index in [-0.39, 0.29) is 0 Å². The zero-order valence-electron chi connectivity index (χ0n) is 25.3. The van der Waals surface area contributed by atoms with Crippen LogP contribution in [-0.4, -0.2) is 26.2 Å². The van der Waals surface area contributed by atoms with Gasteiger partial charge in [0.1, 0.15) is 28.4 Å². The van der Waals surface area contributed by atoms with Gasteiger partial charge >= 0.3 is 0 Å². The van der Waals surface area contributed by atoms with Crippen molar-refractivity contribution in [2.75, 3.05) is 36.0 Å². The molecule has 9 rings (SSSR count). The van der Waals surface area contributed by atoms with Crippen LogP contribution in [0.15, 0.2) is 75.6 Å². The topological polar surface area (TPSA) is 56.6 Å². The first-order valence-electron chi connectivity index (χ1n) is 16.2. The van der Waals surface area contributed by atoms with Crippen LogP contribution in [0, 0.1) is 23.2 Å². The van der Waals surface area contributed by atoms with Crippen molar-refractivity contribution < 1.29 is 8.83 Å². The lowest BCUT2D eigenvalue weighted by Crippen LogP contribution is -2.32. The molecule has 44 heavy (non-hydrogen) atoms. The van der Waals surface area contributed by atoms with Crippen molar-refractivity contribution in [1.29, 1.82) is 5.26 Å². The molecule has 4 heterocycles. The van der Waals surface area contributed by atoms with Gasteiger partial charge in [-0.1, -0.05) is 26.0 Å². The Hall–Kier alpha value is -4.69. The van der Waals surface area contributed by atoms with E-state index in [1.807, 2.05) is 0 Å². The summed E-state index contributed by atoms with van der Waals surface area (Å²) in [4.78, 5) is 4.99. The average Bonchev–Trinajstić information content (AvgIpc) is 3.58. The molecule has 0 radical (unpaired) electrons. The molecule has 2 fully saturated rings. The van der Waals surface area contributed by atoms with E-state index < -0.39 is 0 Å². The van der Waals surface area contributed by atoms with Gasteiger partial charge in [0, 0.05) is 59.1 Å². The maximum absolute atomic E-state index is 10.5. The van der Waals surface area contributed by atoms with Crippen LogP contribution < -0.4 is 9.80 Å². The van der Waals surface area contributed by atoms with Crippen molar-refractivity contribution in [3.05, 3.63) is 72.3 Å². The second kappa shape index (κ2) is 9.66. The molecule has 5 nitrogen and oxygen atoms in total. The minimum Gasteiger partial charge on any atom is -0.456 e. The fraction of sp³-hybridized carbons (Fsp3) is 0.308. The molecule has 0 bridgehead atoms. The Kier molecular flexibility index (Phi) is 5.66. The number of furan rings is 2. The summed E-state index contributed by atoms with van der Waals surface area (Å²) in [5.41, 5.74) is 6.04. The fourth-order valence-corrected chi connectivity index (χ4v) is 7.66. The first kappa shape index (κ1) is 25.8. The predicted octanol–water partition coefficient (Wildman–Crippen LogP) is 10.1. The van der Waals surface area contributed by atoms with Gasteiger partial charge in [0.05, 0.1) is 0 Å². The van der Waals surface area contributed by atoms with Crippen LogP contribution in [0.5, 0.6) is 0 Å². The van der Waals surface area contributed by atoms with E-state index in [2.05, 4.69) is 96.4 Å². The Morgan fingerprint density at radius 2 is 1.14 bits per heavy atom. The third kappa shape index (κ3) is 3.97. The van der Waals surface area contributed by atoms with Gasteiger partial charge in [-0.25, -0.2) is 0 Å². The zero-order valence-corrected chi connectivity index (χ0v) is 25.3. The molecule has 0 atom stereocenters. The summed E-state index contributed by atoms with van der Waals surface area (Å²) in [6.07, 6.45) is 4.95. The van der Waals surface area contributed by atoms with Crippen LogP contribution in [0.1, 0.15) is 45.1 Å². The number of nitriles is 1.